The quantitative estimate of drug-likeness (QED) is 0.408. The lowest BCUT2D eigenvalue weighted by Gasteiger charge is -2.69. The van der Waals surface area contributed by atoms with E-state index in [0.29, 0.717) is 24.2 Å². The molecule has 0 bridgehead atoms. The zero-order chi connectivity index (χ0) is 25.3. The second-order valence-corrected chi connectivity index (χ2v) is 13.8. The Morgan fingerprint density at radius 3 is 2.26 bits per heavy atom. The minimum atomic E-state index is -0.712. The molecule has 4 aliphatic carbocycles. The van der Waals surface area contributed by atoms with E-state index in [0.717, 1.165) is 51.4 Å². The highest BCUT2D eigenvalue weighted by Gasteiger charge is 2.65. The van der Waals surface area contributed by atoms with Crippen molar-refractivity contribution < 1.29 is 19.8 Å². The van der Waals surface area contributed by atoms with Crippen molar-refractivity contribution in [2.45, 2.75) is 106 Å². The topological polar surface area (TPSA) is 74.6 Å². The number of rotatable bonds is 5. The highest BCUT2D eigenvalue weighted by molar-refractivity contribution is 5.74. The van der Waals surface area contributed by atoms with Crippen LogP contribution in [-0.4, -0.2) is 22.2 Å². The van der Waals surface area contributed by atoms with Crippen LogP contribution >= 0.6 is 0 Å². The van der Waals surface area contributed by atoms with Crippen LogP contribution in [0.5, 0.6) is 0 Å². The Bertz CT molecular complexity index is 934. The van der Waals surface area contributed by atoms with Crippen LogP contribution in [-0.2, 0) is 9.59 Å². The summed E-state index contributed by atoms with van der Waals surface area (Å²) >= 11 is 0. The zero-order valence-corrected chi connectivity index (χ0v) is 22.3. The van der Waals surface area contributed by atoms with Crippen LogP contribution in [0.15, 0.2) is 23.8 Å². The Hall–Kier alpha value is -1.58. The Morgan fingerprint density at radius 1 is 1.03 bits per heavy atom. The molecule has 0 radical (unpaired) electrons. The molecular weight excluding hydrogens is 424 g/mol. The van der Waals surface area contributed by atoms with E-state index in [2.05, 4.69) is 47.3 Å². The van der Waals surface area contributed by atoms with E-state index in [9.17, 15) is 19.8 Å². The maximum Gasteiger partial charge on any atom is 0.309 e. The number of carboxylic acid groups (broad SMARTS) is 2. The van der Waals surface area contributed by atoms with Crippen molar-refractivity contribution >= 4 is 11.9 Å². The van der Waals surface area contributed by atoms with Gasteiger partial charge in [0.2, 0.25) is 0 Å². The molecule has 0 unspecified atom stereocenters. The Labute approximate surface area is 206 Å². The van der Waals surface area contributed by atoms with Crippen molar-refractivity contribution in [3.63, 3.8) is 0 Å². The predicted molar refractivity (Wildman–Crippen MR) is 135 cm³/mol. The third kappa shape index (κ3) is 3.45. The van der Waals surface area contributed by atoms with Crippen LogP contribution in [0.2, 0.25) is 0 Å². The molecule has 0 aliphatic heterocycles. The van der Waals surface area contributed by atoms with Crippen LogP contribution in [0.25, 0.3) is 0 Å². The SMILES string of the molecule is C=C(C)[C@@H]1CC[C@]2(C)[C@H](CC=C3[C@@H]4C[C@](C)(C(=O)O)CC[C@]4(C)CC[C@]32C)[C@@]1(C)CCC(=O)O. The van der Waals surface area contributed by atoms with Gasteiger partial charge in [-0.25, -0.2) is 0 Å². The van der Waals surface area contributed by atoms with E-state index < -0.39 is 17.4 Å². The summed E-state index contributed by atoms with van der Waals surface area (Å²) in [6.07, 6.45) is 11.4. The van der Waals surface area contributed by atoms with Gasteiger partial charge >= 0.3 is 11.9 Å². The summed E-state index contributed by atoms with van der Waals surface area (Å²) in [5.74, 6) is -0.283. The van der Waals surface area contributed by atoms with E-state index in [-0.39, 0.29) is 28.1 Å². The van der Waals surface area contributed by atoms with E-state index in [1.54, 1.807) is 0 Å². The highest BCUT2D eigenvalue weighted by atomic mass is 16.4. The fourth-order valence-electron chi connectivity index (χ4n) is 9.45. The van der Waals surface area contributed by atoms with Crippen molar-refractivity contribution in [2.24, 2.45) is 44.8 Å². The first-order valence-electron chi connectivity index (χ1n) is 13.4. The van der Waals surface area contributed by atoms with Gasteiger partial charge in [0.05, 0.1) is 5.41 Å². The van der Waals surface area contributed by atoms with E-state index >= 15 is 0 Å². The highest BCUT2D eigenvalue weighted by Crippen LogP contribution is 2.74. The minimum absolute atomic E-state index is 0.0291. The zero-order valence-electron chi connectivity index (χ0n) is 22.3. The van der Waals surface area contributed by atoms with E-state index in [1.807, 2.05) is 6.92 Å². The molecule has 3 fully saturated rings. The fraction of sp³-hybridized carbons (Fsp3) is 0.800. The molecule has 3 saturated carbocycles. The molecule has 0 saturated heterocycles. The van der Waals surface area contributed by atoms with Crippen LogP contribution in [0.4, 0.5) is 0 Å². The third-order valence-corrected chi connectivity index (χ3v) is 12.1. The molecule has 0 aromatic carbocycles. The first-order chi connectivity index (χ1) is 15.6. The maximum atomic E-state index is 12.2. The molecule has 0 aromatic rings. The van der Waals surface area contributed by atoms with Gasteiger partial charge in [0, 0.05) is 6.42 Å². The molecule has 190 valence electrons. The molecule has 0 spiro atoms. The van der Waals surface area contributed by atoms with E-state index in [1.165, 1.54) is 11.1 Å². The molecular formula is C30H46O4. The summed E-state index contributed by atoms with van der Waals surface area (Å²) in [4.78, 5) is 23.8. The molecule has 8 atom stereocenters. The van der Waals surface area contributed by atoms with Gasteiger partial charge in [-0.15, -0.1) is 0 Å². The molecule has 0 heterocycles. The van der Waals surface area contributed by atoms with Gasteiger partial charge in [-0.1, -0.05) is 51.5 Å². The number of carbonyl (C=O) groups is 2. The second kappa shape index (κ2) is 7.96. The van der Waals surface area contributed by atoms with Crippen molar-refractivity contribution in [2.75, 3.05) is 0 Å². The van der Waals surface area contributed by atoms with Gasteiger partial charge in [-0.3, -0.25) is 9.59 Å². The third-order valence-electron chi connectivity index (χ3n) is 12.1. The number of carboxylic acids is 2. The molecule has 4 aliphatic rings. The summed E-state index contributed by atoms with van der Waals surface area (Å²) in [6.45, 7) is 18.1. The second-order valence-electron chi connectivity index (χ2n) is 13.8. The lowest BCUT2D eigenvalue weighted by molar-refractivity contribution is -0.161. The number of hydrogen-bond donors (Lipinski definition) is 2. The van der Waals surface area contributed by atoms with Gasteiger partial charge in [-0.05, 0) is 111 Å². The Kier molecular flexibility index (Phi) is 5.98. The monoisotopic (exact) mass is 470 g/mol. The molecule has 4 rings (SSSR count). The molecule has 0 aromatic heterocycles. The van der Waals surface area contributed by atoms with Gasteiger partial charge in [0.15, 0.2) is 0 Å². The maximum absolute atomic E-state index is 12.2. The summed E-state index contributed by atoms with van der Waals surface area (Å²) in [5.41, 5.74) is 2.28. The number of fused-ring (bicyclic) bond motifs is 5. The molecule has 4 nitrogen and oxygen atoms in total. The lowest BCUT2D eigenvalue weighted by atomic mass is 9.35. The van der Waals surface area contributed by atoms with Crippen molar-refractivity contribution in [3.05, 3.63) is 23.8 Å². The van der Waals surface area contributed by atoms with Crippen molar-refractivity contribution in [3.8, 4) is 0 Å². The fourth-order valence-corrected chi connectivity index (χ4v) is 9.45. The molecule has 2 N–H and O–H groups in total. The summed E-state index contributed by atoms with van der Waals surface area (Å²) in [6, 6.07) is 0. The minimum Gasteiger partial charge on any atom is -0.481 e. The van der Waals surface area contributed by atoms with Crippen molar-refractivity contribution in [1.29, 1.82) is 0 Å². The van der Waals surface area contributed by atoms with Crippen LogP contribution in [0, 0.1) is 44.8 Å². The van der Waals surface area contributed by atoms with Gasteiger partial charge < -0.3 is 10.2 Å². The van der Waals surface area contributed by atoms with Crippen molar-refractivity contribution in [1.82, 2.24) is 0 Å². The number of hydrogen-bond acceptors (Lipinski definition) is 2. The molecule has 4 heteroatoms. The average molecular weight is 471 g/mol. The summed E-state index contributed by atoms with van der Waals surface area (Å²) in [5, 5.41) is 19.6. The largest absolute Gasteiger partial charge is 0.481 e. The number of aliphatic carboxylic acids is 2. The van der Waals surface area contributed by atoms with Gasteiger partial charge in [-0.2, -0.15) is 0 Å². The Morgan fingerprint density at radius 2 is 1.68 bits per heavy atom. The molecule has 0 amide bonds. The first kappa shape index (κ1) is 25.5. The lowest BCUT2D eigenvalue weighted by Crippen LogP contribution is -2.61. The van der Waals surface area contributed by atoms with Crippen LogP contribution in [0.1, 0.15) is 106 Å². The molecule has 34 heavy (non-hydrogen) atoms. The Balaban J connectivity index is 1.79. The smallest absolute Gasteiger partial charge is 0.309 e. The van der Waals surface area contributed by atoms with Gasteiger partial charge in [0.1, 0.15) is 0 Å². The van der Waals surface area contributed by atoms with E-state index in [4.69, 9.17) is 0 Å². The average Bonchev–Trinajstić information content (AvgIpc) is 2.74. The van der Waals surface area contributed by atoms with Crippen LogP contribution < -0.4 is 0 Å². The summed E-state index contributed by atoms with van der Waals surface area (Å²) in [7, 11) is 0. The normalized spacial score (nSPS) is 48.1. The van der Waals surface area contributed by atoms with Gasteiger partial charge in [0.25, 0.3) is 0 Å². The van der Waals surface area contributed by atoms with Crippen LogP contribution in [0.3, 0.4) is 0 Å². The standard InChI is InChI=1S/C30H46O4/c1-19(2)20-10-13-30(7)23(28(20,5)12-11-24(31)32)9-8-21-22-18-27(4,25(33)34)15-14-26(22,3)16-17-29(21,30)6/h8,20,22-23H,1,9-18H2,2-7H3,(H,31,32)(H,33,34)/t20-,22-,23+,26+,27+,28-,29+,30+/m0/s1. The summed E-state index contributed by atoms with van der Waals surface area (Å²) < 4.78 is 0. The number of allylic oxidation sites excluding steroid dienone is 3. The first-order valence-corrected chi connectivity index (χ1v) is 13.4. The predicted octanol–water partition coefficient (Wildman–Crippen LogP) is 7.49.